The quantitative estimate of drug-likeness (QED) is 0.595. The molecular formula is C27H30N4O5. The molecule has 0 N–H and O–H groups in total. The Morgan fingerprint density at radius 3 is 2.94 bits per heavy atom. The van der Waals surface area contributed by atoms with Crippen molar-refractivity contribution in [3.63, 3.8) is 0 Å². The van der Waals surface area contributed by atoms with E-state index in [1.165, 1.54) is 7.11 Å². The summed E-state index contributed by atoms with van der Waals surface area (Å²) in [6, 6.07) is 3.84. The third-order valence-corrected chi connectivity index (χ3v) is 6.87. The molecule has 0 bridgehead atoms. The van der Waals surface area contributed by atoms with E-state index < -0.39 is 0 Å². The number of anilines is 1. The van der Waals surface area contributed by atoms with Crippen LogP contribution < -0.4 is 9.64 Å². The summed E-state index contributed by atoms with van der Waals surface area (Å²) < 4.78 is 22.9. The molecule has 0 saturated carbocycles. The fourth-order valence-corrected chi connectivity index (χ4v) is 4.91. The van der Waals surface area contributed by atoms with Crippen LogP contribution >= 0.6 is 0 Å². The third kappa shape index (κ3) is 5.09. The Morgan fingerprint density at radius 1 is 1.28 bits per heavy atom. The smallest absolute Gasteiger partial charge is 0.231 e. The molecule has 1 aliphatic carbocycles. The molecule has 1 atom stereocenters. The molecule has 9 heteroatoms. The van der Waals surface area contributed by atoms with Gasteiger partial charge in [0.15, 0.2) is 0 Å². The van der Waals surface area contributed by atoms with Gasteiger partial charge in [-0.25, -0.2) is 4.98 Å². The monoisotopic (exact) mass is 490 g/mol. The van der Waals surface area contributed by atoms with Gasteiger partial charge in [0, 0.05) is 43.9 Å². The second kappa shape index (κ2) is 10.9. The Kier molecular flexibility index (Phi) is 7.23. The molecule has 2 saturated heterocycles. The normalized spacial score (nSPS) is 22.2. The zero-order chi connectivity index (χ0) is 24.9. The van der Waals surface area contributed by atoms with Gasteiger partial charge in [0.2, 0.25) is 11.8 Å². The fraction of sp³-hybridized carbons (Fsp3) is 0.444. The van der Waals surface area contributed by atoms with Crippen molar-refractivity contribution in [1.29, 1.82) is 5.26 Å². The molecule has 0 unspecified atom stereocenters. The first kappa shape index (κ1) is 23.9. The average Bonchev–Trinajstić information content (AvgIpc) is 3.41. The summed E-state index contributed by atoms with van der Waals surface area (Å²) in [7, 11) is 1.49. The van der Waals surface area contributed by atoms with Crippen molar-refractivity contribution in [2.45, 2.75) is 38.2 Å². The number of aromatic nitrogens is 1. The summed E-state index contributed by atoms with van der Waals surface area (Å²) in [5.74, 6) is 2.04. The van der Waals surface area contributed by atoms with Crippen LogP contribution in [-0.2, 0) is 19.0 Å². The Labute approximate surface area is 210 Å². The van der Waals surface area contributed by atoms with E-state index in [9.17, 15) is 10.1 Å². The summed E-state index contributed by atoms with van der Waals surface area (Å²) in [6.07, 6.45) is 15.0. The third-order valence-electron chi connectivity index (χ3n) is 6.87. The van der Waals surface area contributed by atoms with Gasteiger partial charge in [-0.2, -0.15) is 5.26 Å². The maximum Gasteiger partial charge on any atom is 0.231 e. The van der Waals surface area contributed by atoms with Gasteiger partial charge in [0.05, 0.1) is 31.7 Å². The molecule has 188 valence electrons. The summed E-state index contributed by atoms with van der Waals surface area (Å²) in [5.41, 5.74) is 2.05. The Balaban J connectivity index is 1.31. The van der Waals surface area contributed by atoms with Crippen LogP contribution in [0.2, 0.25) is 0 Å². The minimum atomic E-state index is -0.0543. The van der Waals surface area contributed by atoms with Crippen LogP contribution in [0.3, 0.4) is 0 Å². The number of nitriles is 1. The number of allylic oxidation sites excluding steroid dienone is 3. The fourth-order valence-electron chi connectivity index (χ4n) is 4.91. The highest BCUT2D eigenvalue weighted by Crippen LogP contribution is 2.33. The first-order chi connectivity index (χ1) is 17.7. The first-order valence-corrected chi connectivity index (χ1v) is 12.4. The lowest BCUT2D eigenvalue weighted by Gasteiger charge is -2.27. The molecule has 1 aromatic heterocycles. The number of rotatable bonds is 6. The standard InChI is InChI=1S/C27H30N4O5/c1-33-26-20(15-28)14-21(16-29-26)30-10-13-35-25(18-30)23-4-2-3-5-24(23)36-22-6-9-31(17-22)27(32)19-7-11-34-12-8-19/h3,5,10,13-14,16,18-19,22H,2,4,6-9,11-12,17H2,1H3/t22-/m0/s1. The number of hydrogen-bond donors (Lipinski definition) is 0. The number of amides is 1. The Hall–Kier alpha value is -3.77. The molecule has 3 aliphatic heterocycles. The van der Waals surface area contributed by atoms with Crippen LogP contribution in [0, 0.1) is 17.2 Å². The predicted octanol–water partition coefficient (Wildman–Crippen LogP) is 3.76. The number of carbonyl (C=O) groups excluding carboxylic acids is 1. The summed E-state index contributed by atoms with van der Waals surface area (Å²) in [5, 5.41) is 9.42. The van der Waals surface area contributed by atoms with Gasteiger partial charge in [-0.15, -0.1) is 0 Å². The number of methoxy groups -OCH3 is 1. The van der Waals surface area contributed by atoms with Crippen molar-refractivity contribution in [3.05, 3.63) is 65.7 Å². The first-order valence-electron chi connectivity index (χ1n) is 12.4. The number of nitrogens with zero attached hydrogens (tertiary/aromatic N) is 4. The van der Waals surface area contributed by atoms with Gasteiger partial charge in [0.25, 0.3) is 0 Å². The number of pyridine rings is 1. The van der Waals surface area contributed by atoms with Gasteiger partial charge in [-0.05, 0) is 37.8 Å². The maximum absolute atomic E-state index is 12.9. The molecule has 4 heterocycles. The van der Waals surface area contributed by atoms with Crippen LogP contribution in [0.4, 0.5) is 5.69 Å². The molecule has 1 amide bonds. The van der Waals surface area contributed by atoms with Crippen LogP contribution in [0.5, 0.6) is 5.88 Å². The Bertz CT molecular complexity index is 1160. The predicted molar refractivity (Wildman–Crippen MR) is 131 cm³/mol. The van der Waals surface area contributed by atoms with Crippen molar-refractivity contribution in [2.75, 3.05) is 38.3 Å². The minimum absolute atomic E-state index is 0.0543. The summed E-state index contributed by atoms with van der Waals surface area (Å²) in [4.78, 5) is 21.0. The zero-order valence-corrected chi connectivity index (χ0v) is 20.4. The van der Waals surface area contributed by atoms with Crippen LogP contribution in [0.15, 0.2) is 60.2 Å². The van der Waals surface area contributed by atoms with E-state index in [1.807, 2.05) is 22.1 Å². The number of carbonyl (C=O) groups is 1. The van der Waals surface area contributed by atoms with Gasteiger partial charge >= 0.3 is 0 Å². The number of ether oxygens (including phenoxy) is 4. The average molecular weight is 491 g/mol. The molecule has 0 aromatic carbocycles. The minimum Gasteiger partial charge on any atom is -0.488 e. The van der Waals surface area contributed by atoms with Crippen LogP contribution in [-0.4, -0.2) is 55.3 Å². The molecule has 9 nitrogen and oxygen atoms in total. The van der Waals surface area contributed by atoms with Crippen LogP contribution in [0.1, 0.15) is 37.7 Å². The topological polar surface area (TPSA) is 97.2 Å². The summed E-state index contributed by atoms with van der Waals surface area (Å²) >= 11 is 0. The highest BCUT2D eigenvalue weighted by atomic mass is 16.5. The molecule has 0 radical (unpaired) electrons. The molecule has 5 rings (SSSR count). The molecule has 36 heavy (non-hydrogen) atoms. The van der Waals surface area contributed by atoms with E-state index in [2.05, 4.69) is 17.1 Å². The highest BCUT2D eigenvalue weighted by Gasteiger charge is 2.33. The zero-order valence-electron chi connectivity index (χ0n) is 20.4. The second-order valence-corrected chi connectivity index (χ2v) is 9.15. The molecule has 2 fully saturated rings. The highest BCUT2D eigenvalue weighted by molar-refractivity contribution is 5.79. The second-order valence-electron chi connectivity index (χ2n) is 9.15. The van der Waals surface area contributed by atoms with Gasteiger partial charge in [0.1, 0.15) is 35.5 Å². The molecular weight excluding hydrogens is 460 g/mol. The van der Waals surface area contributed by atoms with E-state index in [0.29, 0.717) is 43.5 Å². The van der Waals surface area contributed by atoms with E-state index in [0.717, 1.165) is 49.1 Å². The van der Waals surface area contributed by atoms with Crippen LogP contribution in [0.25, 0.3) is 0 Å². The van der Waals surface area contributed by atoms with Crippen molar-refractivity contribution in [1.82, 2.24) is 9.88 Å². The van der Waals surface area contributed by atoms with Crippen molar-refractivity contribution < 1.29 is 23.7 Å². The summed E-state index contributed by atoms with van der Waals surface area (Å²) in [6.45, 7) is 2.64. The lowest BCUT2D eigenvalue weighted by molar-refractivity contribution is -0.137. The van der Waals surface area contributed by atoms with E-state index in [-0.39, 0.29) is 17.9 Å². The van der Waals surface area contributed by atoms with E-state index >= 15 is 0 Å². The SMILES string of the molecule is COc1ncc(N2C=COC(C3=C(O[C@H]4CCN(C(=O)C5CCOCC5)C4)C=CCC3)=C2)cc1C#N. The largest absolute Gasteiger partial charge is 0.488 e. The van der Waals surface area contributed by atoms with E-state index in [1.54, 1.807) is 24.7 Å². The molecule has 4 aliphatic rings. The van der Waals surface area contributed by atoms with Gasteiger partial charge in [-0.1, -0.05) is 6.08 Å². The van der Waals surface area contributed by atoms with Crippen molar-refractivity contribution in [2.24, 2.45) is 5.92 Å². The van der Waals surface area contributed by atoms with Gasteiger partial charge in [-0.3, -0.25) is 4.79 Å². The van der Waals surface area contributed by atoms with Gasteiger partial charge < -0.3 is 28.7 Å². The Morgan fingerprint density at radius 2 is 2.14 bits per heavy atom. The number of likely N-dealkylation sites (tertiary alicyclic amines) is 1. The maximum atomic E-state index is 12.9. The number of hydrogen-bond acceptors (Lipinski definition) is 8. The molecule has 1 aromatic rings. The van der Waals surface area contributed by atoms with Crippen molar-refractivity contribution in [3.8, 4) is 11.9 Å². The molecule has 0 spiro atoms. The van der Waals surface area contributed by atoms with E-state index in [4.69, 9.17) is 18.9 Å². The lowest BCUT2D eigenvalue weighted by Crippen LogP contribution is -2.37. The van der Waals surface area contributed by atoms with Crippen molar-refractivity contribution >= 4 is 11.6 Å². The lowest BCUT2D eigenvalue weighted by atomic mass is 9.99.